The first kappa shape index (κ1) is 34.6. The SMILES string of the molecule is CC(C)O.CC(CC(C)Nc1c(C(C)C)cccc1C(C)C)[N-]c1c(C(C)C)cccc1C(C)C.[Zn]. The number of nitrogens with zero attached hydrogens (tertiary/aromatic N) is 1. The molecule has 0 spiro atoms. The van der Waals surface area contributed by atoms with Crippen LogP contribution in [0.15, 0.2) is 36.4 Å². The average Bonchev–Trinajstić information content (AvgIpc) is 2.72. The van der Waals surface area contributed by atoms with Crippen LogP contribution in [0.2, 0.25) is 0 Å². The minimum Gasteiger partial charge on any atom is -0.681 e. The minimum absolute atomic E-state index is 0. The first-order chi connectivity index (χ1) is 16.3. The molecule has 0 fully saturated rings. The van der Waals surface area contributed by atoms with Crippen LogP contribution in [0.1, 0.15) is 135 Å². The Kier molecular flexibility index (Phi) is 15.8. The molecule has 3 nitrogen and oxygen atoms in total. The number of anilines is 1. The number of para-hydroxylation sites is 2. The number of benzene rings is 2. The van der Waals surface area contributed by atoms with Crippen molar-refractivity contribution >= 4 is 11.4 Å². The van der Waals surface area contributed by atoms with Crippen LogP contribution in [-0.2, 0) is 19.5 Å². The fourth-order valence-electron chi connectivity index (χ4n) is 4.47. The summed E-state index contributed by atoms with van der Waals surface area (Å²) in [6, 6.07) is 14.0. The van der Waals surface area contributed by atoms with Gasteiger partial charge in [-0.25, -0.2) is 0 Å². The van der Waals surface area contributed by atoms with E-state index in [4.69, 9.17) is 10.4 Å². The van der Waals surface area contributed by atoms with Gasteiger partial charge >= 0.3 is 0 Å². The van der Waals surface area contributed by atoms with E-state index >= 15 is 0 Å². The van der Waals surface area contributed by atoms with Crippen LogP contribution in [-0.4, -0.2) is 23.3 Å². The fraction of sp³-hybridized carbons (Fsp3) is 0.625. The van der Waals surface area contributed by atoms with Crippen LogP contribution < -0.4 is 5.32 Å². The number of nitrogens with one attached hydrogen (secondary N) is 1. The third-order valence-electron chi connectivity index (χ3n) is 6.15. The molecule has 0 aliphatic heterocycles. The monoisotopic (exact) mass is 545 g/mol. The second-order valence-electron chi connectivity index (χ2n) is 11.6. The van der Waals surface area contributed by atoms with E-state index in [2.05, 4.69) is 111 Å². The van der Waals surface area contributed by atoms with Gasteiger partial charge in [0.15, 0.2) is 0 Å². The Morgan fingerprint density at radius 2 is 0.972 bits per heavy atom. The molecule has 2 aromatic carbocycles. The second-order valence-corrected chi connectivity index (χ2v) is 11.6. The first-order valence-electron chi connectivity index (χ1n) is 13.7. The topological polar surface area (TPSA) is 46.4 Å². The molecular weight excluding hydrogens is 494 g/mol. The Bertz CT molecular complexity index is 765. The van der Waals surface area contributed by atoms with Crippen LogP contribution in [0.4, 0.5) is 11.4 Å². The van der Waals surface area contributed by atoms with Crippen molar-refractivity contribution < 1.29 is 24.6 Å². The van der Waals surface area contributed by atoms with E-state index < -0.39 is 0 Å². The molecule has 0 saturated carbocycles. The molecule has 2 rings (SSSR count). The van der Waals surface area contributed by atoms with Crippen molar-refractivity contribution in [2.45, 2.75) is 131 Å². The third kappa shape index (κ3) is 10.9. The van der Waals surface area contributed by atoms with Crippen molar-refractivity contribution in [2.24, 2.45) is 0 Å². The van der Waals surface area contributed by atoms with Crippen molar-refractivity contribution in [1.29, 1.82) is 0 Å². The molecule has 0 heterocycles. The predicted molar refractivity (Wildman–Crippen MR) is 157 cm³/mol. The number of rotatable bonds is 10. The fourth-order valence-corrected chi connectivity index (χ4v) is 4.47. The molecule has 0 aliphatic carbocycles. The Labute approximate surface area is 236 Å². The molecule has 36 heavy (non-hydrogen) atoms. The smallest absolute Gasteiger partial charge is 0.0483 e. The van der Waals surface area contributed by atoms with Crippen LogP contribution in [0, 0.1) is 0 Å². The summed E-state index contributed by atoms with van der Waals surface area (Å²) in [4.78, 5) is 0. The van der Waals surface area contributed by atoms with Crippen LogP contribution in [0.25, 0.3) is 5.32 Å². The second kappa shape index (κ2) is 16.5. The number of hydrogen-bond donors (Lipinski definition) is 2. The Morgan fingerprint density at radius 1 is 0.639 bits per heavy atom. The molecule has 2 unspecified atom stereocenters. The Morgan fingerprint density at radius 3 is 1.31 bits per heavy atom. The molecular formula is C32H53N2OZn-. The molecule has 0 amide bonds. The normalized spacial score (nSPS) is 12.9. The summed E-state index contributed by atoms with van der Waals surface area (Å²) >= 11 is 0. The molecule has 2 N–H and O–H groups in total. The van der Waals surface area contributed by atoms with Gasteiger partial charge in [-0.3, -0.25) is 0 Å². The third-order valence-corrected chi connectivity index (χ3v) is 6.15. The van der Waals surface area contributed by atoms with E-state index in [1.165, 1.54) is 33.6 Å². The summed E-state index contributed by atoms with van der Waals surface area (Å²) < 4.78 is 0. The van der Waals surface area contributed by atoms with Gasteiger partial charge < -0.3 is 15.7 Å². The van der Waals surface area contributed by atoms with Gasteiger partial charge in [0, 0.05) is 37.3 Å². The van der Waals surface area contributed by atoms with Crippen LogP contribution in [0.3, 0.4) is 0 Å². The maximum atomic E-state index is 8.06. The van der Waals surface area contributed by atoms with Crippen molar-refractivity contribution in [1.82, 2.24) is 0 Å². The molecule has 200 valence electrons. The summed E-state index contributed by atoms with van der Waals surface area (Å²) in [5.74, 6) is 1.96. The maximum Gasteiger partial charge on any atom is 0.0483 e. The van der Waals surface area contributed by atoms with E-state index in [0.29, 0.717) is 29.7 Å². The van der Waals surface area contributed by atoms with Gasteiger partial charge in [-0.05, 0) is 62.0 Å². The maximum absolute atomic E-state index is 8.06. The quantitative estimate of drug-likeness (QED) is 0.291. The standard InChI is InChI=1S/C29H45N2.C3H8O.Zn/c1-18(2)24-13-11-14-25(19(3)4)28(24)30-22(9)17-23(10)31-29-26(20(5)6)15-12-16-27(29)21(7)8;1-3(2)4;/h11-16,18-23,30H,17H2,1-10H3;3-4H,1-2H3;/q-1;;. The van der Waals surface area contributed by atoms with Gasteiger partial charge in [0.2, 0.25) is 0 Å². The van der Waals surface area contributed by atoms with Gasteiger partial charge in [0.25, 0.3) is 0 Å². The van der Waals surface area contributed by atoms with E-state index in [1.807, 2.05) is 0 Å². The Balaban J connectivity index is 0.00000227. The zero-order valence-corrected chi connectivity index (χ0v) is 28.3. The van der Waals surface area contributed by atoms with E-state index in [-0.39, 0.29) is 31.6 Å². The van der Waals surface area contributed by atoms with Crippen molar-refractivity contribution in [3.05, 3.63) is 64.0 Å². The molecule has 0 saturated heterocycles. The molecule has 0 radical (unpaired) electrons. The van der Waals surface area contributed by atoms with Crippen molar-refractivity contribution in [2.75, 3.05) is 5.32 Å². The van der Waals surface area contributed by atoms with Gasteiger partial charge in [-0.15, -0.1) is 11.7 Å². The zero-order valence-electron chi connectivity index (χ0n) is 25.3. The van der Waals surface area contributed by atoms with Crippen molar-refractivity contribution in [3.63, 3.8) is 0 Å². The van der Waals surface area contributed by atoms with Gasteiger partial charge in [0.05, 0.1) is 0 Å². The number of hydrogen-bond acceptors (Lipinski definition) is 2. The van der Waals surface area contributed by atoms with E-state index in [0.717, 1.165) is 6.42 Å². The molecule has 0 aromatic heterocycles. The number of aliphatic hydroxyl groups excluding tert-OH is 1. The molecule has 2 aromatic rings. The largest absolute Gasteiger partial charge is 0.681 e. The number of aliphatic hydroxyl groups is 1. The van der Waals surface area contributed by atoms with E-state index in [1.54, 1.807) is 13.8 Å². The van der Waals surface area contributed by atoms with Crippen LogP contribution >= 0.6 is 0 Å². The minimum atomic E-state index is -0.167. The summed E-state index contributed by atoms with van der Waals surface area (Å²) in [7, 11) is 0. The van der Waals surface area contributed by atoms with E-state index in [9.17, 15) is 0 Å². The summed E-state index contributed by atoms with van der Waals surface area (Å²) in [6.07, 6.45) is 0.841. The average molecular weight is 547 g/mol. The zero-order chi connectivity index (χ0) is 26.9. The van der Waals surface area contributed by atoms with Crippen LogP contribution in [0.5, 0.6) is 0 Å². The van der Waals surface area contributed by atoms with Crippen molar-refractivity contribution in [3.8, 4) is 0 Å². The van der Waals surface area contributed by atoms with Gasteiger partial charge in [0.1, 0.15) is 0 Å². The molecule has 0 bridgehead atoms. The van der Waals surface area contributed by atoms with Gasteiger partial charge in [-0.2, -0.15) is 0 Å². The summed E-state index contributed by atoms with van der Waals surface area (Å²) in [5, 5.41) is 17.2. The molecule has 0 aliphatic rings. The summed E-state index contributed by atoms with van der Waals surface area (Å²) in [5.41, 5.74) is 8.11. The summed E-state index contributed by atoms with van der Waals surface area (Å²) in [6.45, 7) is 26.2. The van der Waals surface area contributed by atoms with Gasteiger partial charge in [-0.1, -0.05) is 110 Å². The first-order valence-corrected chi connectivity index (χ1v) is 13.7. The molecule has 2 atom stereocenters. The Hall–Kier alpha value is -1.38. The molecule has 4 heteroatoms. The predicted octanol–water partition coefficient (Wildman–Crippen LogP) is 9.85.